The Labute approximate surface area is 219 Å². The van der Waals surface area contributed by atoms with Gasteiger partial charge in [0.05, 0.1) is 64.0 Å². The van der Waals surface area contributed by atoms with Crippen molar-refractivity contribution in [1.29, 1.82) is 0 Å². The quantitative estimate of drug-likeness (QED) is 0.154. The van der Waals surface area contributed by atoms with E-state index in [9.17, 15) is 19.2 Å². The van der Waals surface area contributed by atoms with Crippen molar-refractivity contribution >= 4 is 46.5 Å². The zero-order chi connectivity index (χ0) is 26.2. The minimum atomic E-state index is -0.460. The first-order valence-electron chi connectivity index (χ1n) is 11.4. The molecule has 0 N–H and O–H groups in total. The van der Waals surface area contributed by atoms with E-state index in [1.807, 2.05) is 12.1 Å². The molecule has 0 aliphatic rings. The Hall–Kier alpha value is -2.32. The SMILES string of the molecule is CCOC(=O)CN(CC(=O)OCC)Cc1cc(I)cc(CN(CC(=O)OCC)CC(=O)OCC)n1. The first-order valence-corrected chi connectivity index (χ1v) is 12.5. The predicted molar refractivity (Wildman–Crippen MR) is 134 cm³/mol. The number of rotatable bonds is 16. The first kappa shape index (κ1) is 30.7. The lowest BCUT2D eigenvalue weighted by Crippen LogP contribution is -2.37. The van der Waals surface area contributed by atoms with Crippen LogP contribution in [-0.2, 0) is 51.2 Å². The maximum atomic E-state index is 12.0. The second-order valence-corrected chi connectivity index (χ2v) is 8.52. The molecular formula is C23H34IN3O8. The van der Waals surface area contributed by atoms with Crippen molar-refractivity contribution in [2.24, 2.45) is 0 Å². The topological polar surface area (TPSA) is 125 Å². The molecule has 196 valence electrons. The van der Waals surface area contributed by atoms with Crippen molar-refractivity contribution in [2.45, 2.75) is 40.8 Å². The number of carbonyl (C=O) groups excluding carboxylic acids is 4. The summed E-state index contributed by atoms with van der Waals surface area (Å²) in [5, 5.41) is 0. The Morgan fingerprint density at radius 2 is 0.943 bits per heavy atom. The van der Waals surface area contributed by atoms with E-state index in [1.165, 1.54) is 0 Å². The standard InChI is InChI=1S/C23H34IN3O8/c1-5-32-20(28)13-26(14-21(29)33-6-2)11-18-9-17(24)10-19(25-18)12-27(15-22(30)34-7-3)16-23(31)35-8-4/h9-10H,5-8,11-16H2,1-4H3. The second kappa shape index (κ2) is 17.2. The summed E-state index contributed by atoms with van der Waals surface area (Å²) < 4.78 is 20.9. The molecule has 0 unspecified atom stereocenters. The molecule has 35 heavy (non-hydrogen) atoms. The highest BCUT2D eigenvalue weighted by molar-refractivity contribution is 14.1. The van der Waals surface area contributed by atoms with Crippen LogP contribution in [-0.4, -0.2) is 91.3 Å². The third kappa shape index (κ3) is 13.4. The second-order valence-electron chi connectivity index (χ2n) is 7.28. The summed E-state index contributed by atoms with van der Waals surface area (Å²) in [6.07, 6.45) is 0. The molecule has 1 aromatic rings. The largest absolute Gasteiger partial charge is 0.465 e. The van der Waals surface area contributed by atoms with Crippen molar-refractivity contribution in [3.63, 3.8) is 0 Å². The Balaban J connectivity index is 3.06. The molecule has 0 saturated carbocycles. The fourth-order valence-corrected chi connectivity index (χ4v) is 3.84. The highest BCUT2D eigenvalue weighted by atomic mass is 127. The fourth-order valence-electron chi connectivity index (χ4n) is 3.12. The van der Waals surface area contributed by atoms with Crippen molar-refractivity contribution in [1.82, 2.24) is 14.8 Å². The third-order valence-corrected chi connectivity index (χ3v) is 4.92. The minimum Gasteiger partial charge on any atom is -0.465 e. The lowest BCUT2D eigenvalue weighted by molar-refractivity contribution is -0.150. The van der Waals surface area contributed by atoms with Crippen LogP contribution in [0.25, 0.3) is 0 Å². The molecule has 11 nitrogen and oxygen atoms in total. The van der Waals surface area contributed by atoms with E-state index in [4.69, 9.17) is 18.9 Å². The lowest BCUT2D eigenvalue weighted by atomic mass is 10.2. The van der Waals surface area contributed by atoms with Crippen LogP contribution >= 0.6 is 22.6 Å². The number of nitrogens with zero attached hydrogens (tertiary/aromatic N) is 3. The van der Waals surface area contributed by atoms with E-state index in [0.29, 0.717) is 11.4 Å². The Bertz CT molecular complexity index is 748. The molecule has 0 aromatic carbocycles. The van der Waals surface area contributed by atoms with E-state index in [0.717, 1.165) is 3.57 Å². The summed E-state index contributed by atoms with van der Waals surface area (Å²) in [5.41, 5.74) is 1.21. The molecule has 1 heterocycles. The average Bonchev–Trinajstić information content (AvgIpc) is 2.73. The Morgan fingerprint density at radius 3 is 1.20 bits per heavy atom. The van der Waals surface area contributed by atoms with E-state index < -0.39 is 23.9 Å². The van der Waals surface area contributed by atoms with Crippen LogP contribution in [0.1, 0.15) is 39.1 Å². The lowest BCUT2D eigenvalue weighted by Gasteiger charge is -2.22. The van der Waals surface area contributed by atoms with Crippen LogP contribution in [0.15, 0.2) is 12.1 Å². The minimum absolute atomic E-state index is 0.104. The van der Waals surface area contributed by atoms with E-state index in [-0.39, 0.29) is 65.7 Å². The van der Waals surface area contributed by atoms with Crippen LogP contribution in [0.2, 0.25) is 0 Å². The van der Waals surface area contributed by atoms with Crippen LogP contribution in [0.5, 0.6) is 0 Å². The van der Waals surface area contributed by atoms with Gasteiger partial charge in [0, 0.05) is 16.7 Å². The van der Waals surface area contributed by atoms with Crippen molar-refractivity contribution in [3.05, 3.63) is 27.1 Å². The summed E-state index contributed by atoms with van der Waals surface area (Å²) >= 11 is 2.14. The van der Waals surface area contributed by atoms with Gasteiger partial charge >= 0.3 is 23.9 Å². The fraction of sp³-hybridized carbons (Fsp3) is 0.609. The van der Waals surface area contributed by atoms with Crippen molar-refractivity contribution in [3.8, 4) is 0 Å². The molecule has 0 bridgehead atoms. The van der Waals surface area contributed by atoms with Crippen molar-refractivity contribution < 1.29 is 38.1 Å². The number of pyridine rings is 1. The van der Waals surface area contributed by atoms with Gasteiger partial charge in [-0.05, 0) is 62.4 Å². The molecule has 0 saturated heterocycles. The molecule has 1 aromatic heterocycles. The van der Waals surface area contributed by atoms with Gasteiger partial charge in [-0.3, -0.25) is 34.0 Å². The van der Waals surface area contributed by atoms with Gasteiger partial charge in [-0.1, -0.05) is 0 Å². The molecule has 12 heteroatoms. The van der Waals surface area contributed by atoms with Crippen LogP contribution < -0.4 is 0 Å². The van der Waals surface area contributed by atoms with Crippen LogP contribution in [0.4, 0.5) is 0 Å². The van der Waals surface area contributed by atoms with Gasteiger partial charge in [0.25, 0.3) is 0 Å². The van der Waals surface area contributed by atoms with E-state index in [1.54, 1.807) is 37.5 Å². The van der Waals surface area contributed by atoms with Crippen molar-refractivity contribution in [2.75, 3.05) is 52.6 Å². The van der Waals surface area contributed by atoms with Gasteiger partial charge < -0.3 is 18.9 Å². The molecule has 0 amide bonds. The Kier molecular flexibility index (Phi) is 15.1. The highest BCUT2D eigenvalue weighted by Gasteiger charge is 2.20. The van der Waals surface area contributed by atoms with Gasteiger partial charge in [0.2, 0.25) is 0 Å². The summed E-state index contributed by atoms with van der Waals surface area (Å²) in [6.45, 7) is 7.72. The summed E-state index contributed by atoms with van der Waals surface area (Å²) in [5.74, 6) is -1.84. The third-order valence-electron chi connectivity index (χ3n) is 4.30. The van der Waals surface area contributed by atoms with Crippen LogP contribution in [0, 0.1) is 3.57 Å². The Morgan fingerprint density at radius 1 is 0.657 bits per heavy atom. The number of hydrogen-bond donors (Lipinski definition) is 0. The molecule has 0 aliphatic carbocycles. The maximum Gasteiger partial charge on any atom is 0.320 e. The smallest absolute Gasteiger partial charge is 0.320 e. The molecule has 0 radical (unpaired) electrons. The summed E-state index contributed by atoms with van der Waals surface area (Å²) in [6, 6.07) is 3.66. The first-order chi connectivity index (χ1) is 16.7. The number of ether oxygens (including phenoxy) is 4. The van der Waals surface area contributed by atoms with Gasteiger partial charge in [-0.15, -0.1) is 0 Å². The van der Waals surface area contributed by atoms with Gasteiger partial charge in [-0.2, -0.15) is 0 Å². The van der Waals surface area contributed by atoms with E-state index in [2.05, 4.69) is 27.6 Å². The summed E-state index contributed by atoms with van der Waals surface area (Å²) in [7, 11) is 0. The summed E-state index contributed by atoms with van der Waals surface area (Å²) in [4.78, 5) is 56.0. The van der Waals surface area contributed by atoms with Crippen LogP contribution in [0.3, 0.4) is 0 Å². The zero-order valence-electron chi connectivity index (χ0n) is 20.7. The maximum absolute atomic E-state index is 12.0. The number of aromatic nitrogens is 1. The number of esters is 4. The number of halogens is 1. The average molecular weight is 607 g/mol. The molecule has 1 rings (SSSR count). The molecular weight excluding hydrogens is 573 g/mol. The molecule has 0 atom stereocenters. The molecule has 0 spiro atoms. The van der Waals surface area contributed by atoms with Gasteiger partial charge in [0.1, 0.15) is 0 Å². The normalized spacial score (nSPS) is 10.8. The monoisotopic (exact) mass is 607 g/mol. The zero-order valence-corrected chi connectivity index (χ0v) is 22.9. The molecule has 0 fully saturated rings. The van der Waals surface area contributed by atoms with Gasteiger partial charge in [-0.25, -0.2) is 0 Å². The molecule has 0 aliphatic heterocycles. The number of hydrogen-bond acceptors (Lipinski definition) is 11. The predicted octanol–water partition coefficient (Wildman–Crippen LogP) is 1.54. The van der Waals surface area contributed by atoms with E-state index >= 15 is 0 Å². The number of carbonyl (C=O) groups is 4. The van der Waals surface area contributed by atoms with Gasteiger partial charge in [0.15, 0.2) is 0 Å². The highest BCUT2D eigenvalue weighted by Crippen LogP contribution is 2.14.